The Morgan fingerprint density at radius 3 is 2.63 bits per heavy atom. The van der Waals surface area contributed by atoms with Gasteiger partial charge < -0.3 is 15.4 Å². The Morgan fingerprint density at radius 2 is 1.88 bits per heavy atom. The molecule has 2 heterocycles. The van der Waals surface area contributed by atoms with Crippen LogP contribution < -0.4 is 15.4 Å². The lowest BCUT2D eigenvalue weighted by molar-refractivity contribution is -0.125. The highest BCUT2D eigenvalue weighted by Gasteiger charge is 2.41. The van der Waals surface area contributed by atoms with Crippen molar-refractivity contribution >= 4 is 63.5 Å². The predicted molar refractivity (Wildman–Crippen MR) is 157 cm³/mol. The number of aliphatic imine (C=N–C) groups is 2. The largest absolute Gasteiger partial charge is 0.495 e. The second-order valence-electron chi connectivity index (χ2n) is 9.18. The molecule has 2 aliphatic rings. The van der Waals surface area contributed by atoms with E-state index in [1.807, 2.05) is 24.3 Å². The van der Waals surface area contributed by atoms with Crippen LogP contribution in [0.3, 0.4) is 0 Å². The highest BCUT2D eigenvalue weighted by Crippen LogP contribution is 2.34. The summed E-state index contributed by atoms with van der Waals surface area (Å²) in [7, 11) is 1.51. The number of carbonyl (C=O) groups is 3. The SMILES string of the molecule is COc1ccc(NC(=O)CSC2=Nc3ccccc3C3=N[C@H](CCC(=O)NCc4ccc(F)cc4)C(=O)N23)cc1Cl. The summed E-state index contributed by atoms with van der Waals surface area (Å²) in [6.45, 7) is 0.254. The number of nitrogens with one attached hydrogen (secondary N) is 2. The van der Waals surface area contributed by atoms with Crippen LogP contribution in [0, 0.1) is 5.82 Å². The number of amidine groups is 2. The number of amides is 3. The number of carbonyl (C=O) groups excluding carboxylic acids is 3. The molecule has 12 heteroatoms. The molecule has 5 rings (SSSR count). The molecule has 2 N–H and O–H groups in total. The minimum absolute atomic E-state index is 0.0157. The molecule has 41 heavy (non-hydrogen) atoms. The van der Waals surface area contributed by atoms with Crippen LogP contribution in [0.25, 0.3) is 0 Å². The van der Waals surface area contributed by atoms with Gasteiger partial charge >= 0.3 is 0 Å². The van der Waals surface area contributed by atoms with Crippen molar-refractivity contribution in [2.75, 3.05) is 18.2 Å². The summed E-state index contributed by atoms with van der Waals surface area (Å²) in [5.41, 5.74) is 2.61. The molecule has 210 valence electrons. The van der Waals surface area contributed by atoms with Gasteiger partial charge in [0.1, 0.15) is 23.4 Å². The third-order valence-electron chi connectivity index (χ3n) is 6.36. The second kappa shape index (κ2) is 12.5. The molecule has 0 aromatic heterocycles. The molecule has 0 fully saturated rings. The lowest BCUT2D eigenvalue weighted by Gasteiger charge is -2.25. The van der Waals surface area contributed by atoms with Crippen molar-refractivity contribution in [3.8, 4) is 5.75 Å². The van der Waals surface area contributed by atoms with Crippen LogP contribution in [-0.4, -0.2) is 52.5 Å². The summed E-state index contributed by atoms with van der Waals surface area (Å²) in [6, 6.07) is 17.3. The standard InChI is InChI=1S/C29H25ClFN5O4S/c1-40-24-12-10-19(14-21(24)30)33-26(38)16-41-29-35-22-5-3-2-4-20(22)27-34-23(28(39)36(27)29)11-13-25(37)32-15-17-6-8-18(31)9-7-17/h2-10,12,14,23H,11,13,15-16H2,1H3,(H,32,37)(H,33,38)/t23-/m1/s1. The molecular formula is C29H25ClFN5O4S. The predicted octanol–water partition coefficient (Wildman–Crippen LogP) is 4.91. The van der Waals surface area contributed by atoms with Gasteiger partial charge in [-0.25, -0.2) is 14.3 Å². The van der Waals surface area contributed by atoms with Crippen LogP contribution >= 0.6 is 23.4 Å². The van der Waals surface area contributed by atoms with Crippen LogP contribution in [0.15, 0.2) is 76.7 Å². The number of anilines is 1. The minimum atomic E-state index is -0.770. The van der Waals surface area contributed by atoms with E-state index in [1.165, 1.54) is 24.1 Å². The first-order chi connectivity index (χ1) is 19.8. The first kappa shape index (κ1) is 28.3. The Morgan fingerprint density at radius 1 is 1.10 bits per heavy atom. The number of fused-ring (bicyclic) bond motifs is 3. The van der Waals surface area contributed by atoms with Gasteiger partial charge in [0.15, 0.2) is 5.17 Å². The molecule has 1 atom stereocenters. The van der Waals surface area contributed by atoms with Gasteiger partial charge in [-0.2, -0.15) is 0 Å². The third kappa shape index (κ3) is 6.58. The first-order valence-electron chi connectivity index (χ1n) is 12.7. The highest BCUT2D eigenvalue weighted by molar-refractivity contribution is 8.14. The minimum Gasteiger partial charge on any atom is -0.495 e. The third-order valence-corrected chi connectivity index (χ3v) is 7.60. The number of halogens is 2. The number of benzene rings is 3. The van der Waals surface area contributed by atoms with Crippen molar-refractivity contribution in [2.24, 2.45) is 9.98 Å². The molecule has 2 aliphatic heterocycles. The van der Waals surface area contributed by atoms with Crippen LogP contribution in [0.5, 0.6) is 5.75 Å². The number of thioether (sulfide) groups is 1. The van der Waals surface area contributed by atoms with Gasteiger partial charge in [-0.3, -0.25) is 19.4 Å². The first-order valence-corrected chi connectivity index (χ1v) is 14.1. The van der Waals surface area contributed by atoms with E-state index in [0.29, 0.717) is 38.7 Å². The molecule has 0 saturated carbocycles. The zero-order valence-electron chi connectivity index (χ0n) is 21.9. The number of rotatable bonds is 9. The van der Waals surface area contributed by atoms with Gasteiger partial charge in [0, 0.05) is 24.2 Å². The average Bonchev–Trinajstić information content (AvgIpc) is 3.31. The number of nitrogens with zero attached hydrogens (tertiary/aromatic N) is 3. The molecule has 0 spiro atoms. The Kier molecular flexibility index (Phi) is 8.65. The summed E-state index contributed by atoms with van der Waals surface area (Å²) in [4.78, 5) is 49.3. The summed E-state index contributed by atoms with van der Waals surface area (Å²) < 4.78 is 18.2. The zero-order valence-corrected chi connectivity index (χ0v) is 23.5. The Labute approximate surface area is 244 Å². The number of para-hydroxylation sites is 1. The van der Waals surface area contributed by atoms with Gasteiger partial charge in [-0.05, 0) is 54.4 Å². The lowest BCUT2D eigenvalue weighted by Crippen LogP contribution is -2.41. The molecule has 3 amide bonds. The Hall–Kier alpha value is -4.22. The maximum Gasteiger partial charge on any atom is 0.259 e. The van der Waals surface area contributed by atoms with Crippen molar-refractivity contribution in [1.82, 2.24) is 10.2 Å². The molecular weight excluding hydrogens is 569 g/mol. The molecule has 9 nitrogen and oxygen atoms in total. The number of hydrogen-bond acceptors (Lipinski definition) is 7. The summed E-state index contributed by atoms with van der Waals surface area (Å²) in [5, 5.41) is 6.26. The molecule has 0 radical (unpaired) electrons. The van der Waals surface area contributed by atoms with Crippen molar-refractivity contribution in [3.63, 3.8) is 0 Å². The van der Waals surface area contributed by atoms with E-state index in [4.69, 9.17) is 16.3 Å². The van der Waals surface area contributed by atoms with Crippen LogP contribution in [0.4, 0.5) is 15.8 Å². The van der Waals surface area contributed by atoms with Crippen molar-refractivity contribution < 1.29 is 23.5 Å². The molecule has 0 aliphatic carbocycles. The van der Waals surface area contributed by atoms with E-state index in [0.717, 1.165) is 17.3 Å². The van der Waals surface area contributed by atoms with Crippen molar-refractivity contribution in [2.45, 2.75) is 25.4 Å². The second-order valence-corrected chi connectivity index (χ2v) is 10.5. The summed E-state index contributed by atoms with van der Waals surface area (Å²) in [5.74, 6) is -0.285. The van der Waals surface area contributed by atoms with E-state index in [-0.39, 0.29) is 48.7 Å². The quantitative estimate of drug-likeness (QED) is 0.366. The zero-order chi connectivity index (χ0) is 28.9. The Balaban J connectivity index is 1.23. The topological polar surface area (TPSA) is 112 Å². The smallest absolute Gasteiger partial charge is 0.259 e. The average molecular weight is 594 g/mol. The maximum atomic E-state index is 13.4. The van der Waals surface area contributed by atoms with Gasteiger partial charge in [0.05, 0.1) is 23.6 Å². The fourth-order valence-electron chi connectivity index (χ4n) is 4.32. The molecule has 0 saturated heterocycles. The number of methoxy groups -OCH3 is 1. The van der Waals surface area contributed by atoms with Gasteiger partial charge in [-0.15, -0.1) is 0 Å². The van der Waals surface area contributed by atoms with Crippen LogP contribution in [0.2, 0.25) is 5.02 Å². The number of ether oxygens (including phenoxy) is 1. The van der Waals surface area contributed by atoms with Crippen molar-refractivity contribution in [3.05, 3.63) is 88.7 Å². The summed E-state index contributed by atoms with van der Waals surface area (Å²) in [6.07, 6.45) is 0.281. The fourth-order valence-corrected chi connectivity index (χ4v) is 5.38. The van der Waals surface area contributed by atoms with E-state index in [1.54, 1.807) is 30.3 Å². The molecule has 3 aromatic carbocycles. The maximum absolute atomic E-state index is 13.4. The van der Waals surface area contributed by atoms with E-state index >= 15 is 0 Å². The van der Waals surface area contributed by atoms with Gasteiger partial charge in [-0.1, -0.05) is 47.6 Å². The highest BCUT2D eigenvalue weighted by atomic mass is 35.5. The molecule has 0 bridgehead atoms. The number of hydrogen-bond donors (Lipinski definition) is 2. The van der Waals surface area contributed by atoms with E-state index in [9.17, 15) is 18.8 Å². The lowest BCUT2D eigenvalue weighted by atomic mass is 10.1. The van der Waals surface area contributed by atoms with Crippen LogP contribution in [0.1, 0.15) is 24.0 Å². The molecule has 0 unspecified atom stereocenters. The normalized spacial score (nSPS) is 15.4. The van der Waals surface area contributed by atoms with Gasteiger partial charge in [0.2, 0.25) is 11.8 Å². The Bertz CT molecular complexity index is 1560. The van der Waals surface area contributed by atoms with E-state index in [2.05, 4.69) is 20.6 Å². The molecule has 3 aromatic rings. The monoisotopic (exact) mass is 593 g/mol. The fraction of sp³-hybridized carbons (Fsp3) is 0.207. The van der Waals surface area contributed by atoms with Gasteiger partial charge in [0.25, 0.3) is 5.91 Å². The van der Waals surface area contributed by atoms with E-state index < -0.39 is 6.04 Å². The van der Waals surface area contributed by atoms with Crippen LogP contribution in [-0.2, 0) is 20.9 Å². The van der Waals surface area contributed by atoms with Crippen molar-refractivity contribution in [1.29, 1.82) is 0 Å². The summed E-state index contributed by atoms with van der Waals surface area (Å²) >= 11 is 7.26.